The molecule has 0 spiro atoms. The Kier molecular flexibility index (Phi) is 4.42. The van der Waals surface area contributed by atoms with Crippen molar-refractivity contribution in [3.63, 3.8) is 0 Å². The molecule has 4 heterocycles. The van der Waals surface area contributed by atoms with E-state index < -0.39 is 0 Å². The summed E-state index contributed by atoms with van der Waals surface area (Å²) in [6.07, 6.45) is 2.19. The van der Waals surface area contributed by atoms with Crippen LogP contribution in [0.3, 0.4) is 0 Å². The van der Waals surface area contributed by atoms with E-state index in [1.54, 1.807) is 0 Å². The van der Waals surface area contributed by atoms with E-state index >= 15 is 0 Å². The third kappa shape index (κ3) is 3.13. The van der Waals surface area contributed by atoms with Crippen molar-refractivity contribution < 1.29 is 4.79 Å². The Morgan fingerprint density at radius 3 is 2.67 bits per heavy atom. The van der Waals surface area contributed by atoms with E-state index in [-0.39, 0.29) is 5.92 Å². The fourth-order valence-corrected chi connectivity index (χ4v) is 4.96. The van der Waals surface area contributed by atoms with Crippen LogP contribution >= 0.6 is 11.3 Å². The van der Waals surface area contributed by atoms with Crippen LogP contribution in [0.1, 0.15) is 28.8 Å². The SMILES string of the molecule is Cc1ccsc1CN1C[C@@H]2CC[C@H](C1)N(Cc1ccccc1)C2=O. The van der Waals surface area contributed by atoms with Crippen molar-refractivity contribution >= 4 is 17.2 Å². The number of benzene rings is 1. The number of amides is 1. The van der Waals surface area contributed by atoms with Gasteiger partial charge in [-0.2, -0.15) is 0 Å². The highest BCUT2D eigenvalue weighted by atomic mass is 32.1. The zero-order chi connectivity index (χ0) is 16.5. The van der Waals surface area contributed by atoms with Crippen molar-refractivity contribution in [2.45, 2.75) is 38.9 Å². The maximum Gasteiger partial charge on any atom is 0.227 e. The highest BCUT2D eigenvalue weighted by Gasteiger charge is 2.40. The third-order valence-corrected chi connectivity index (χ3v) is 6.41. The average Bonchev–Trinajstić information content (AvgIpc) is 2.81. The second kappa shape index (κ2) is 6.69. The van der Waals surface area contributed by atoms with Crippen molar-refractivity contribution in [2.75, 3.05) is 13.1 Å². The lowest BCUT2D eigenvalue weighted by molar-refractivity contribution is -0.140. The summed E-state index contributed by atoms with van der Waals surface area (Å²) in [5, 5.41) is 2.17. The lowest BCUT2D eigenvalue weighted by Crippen LogP contribution is -2.47. The van der Waals surface area contributed by atoms with E-state index in [2.05, 4.69) is 52.4 Å². The molecule has 1 aromatic carbocycles. The molecular formula is C20H24N2OS. The molecule has 5 rings (SSSR count). The van der Waals surface area contributed by atoms with E-state index in [0.29, 0.717) is 11.9 Å². The highest BCUT2D eigenvalue weighted by Crippen LogP contribution is 2.31. The fraction of sp³-hybridized carbons (Fsp3) is 0.450. The first-order valence-electron chi connectivity index (χ1n) is 8.80. The van der Waals surface area contributed by atoms with Crippen LogP contribution in [-0.4, -0.2) is 34.8 Å². The molecule has 2 atom stereocenters. The van der Waals surface area contributed by atoms with Crippen molar-refractivity contribution in [1.82, 2.24) is 9.80 Å². The molecule has 1 amide bonds. The van der Waals surface area contributed by atoms with Crippen molar-refractivity contribution in [3.8, 4) is 0 Å². The van der Waals surface area contributed by atoms with Crippen LogP contribution in [-0.2, 0) is 17.9 Å². The quantitative estimate of drug-likeness (QED) is 0.848. The predicted octanol–water partition coefficient (Wildman–Crippen LogP) is 3.68. The van der Waals surface area contributed by atoms with Gasteiger partial charge in [0, 0.05) is 37.1 Å². The molecule has 0 N–H and O–H groups in total. The molecule has 3 nitrogen and oxygen atoms in total. The van der Waals surface area contributed by atoms with Gasteiger partial charge in [-0.3, -0.25) is 9.69 Å². The van der Waals surface area contributed by atoms with Gasteiger partial charge in [0.1, 0.15) is 0 Å². The maximum absolute atomic E-state index is 12.9. The van der Waals surface area contributed by atoms with Crippen LogP contribution in [0.5, 0.6) is 0 Å². The zero-order valence-electron chi connectivity index (χ0n) is 14.1. The monoisotopic (exact) mass is 340 g/mol. The van der Waals surface area contributed by atoms with E-state index in [9.17, 15) is 4.79 Å². The van der Waals surface area contributed by atoms with Gasteiger partial charge in [-0.25, -0.2) is 0 Å². The van der Waals surface area contributed by atoms with Crippen molar-refractivity contribution in [3.05, 3.63) is 57.8 Å². The summed E-state index contributed by atoms with van der Waals surface area (Å²) in [6.45, 7) is 5.85. The van der Waals surface area contributed by atoms with Gasteiger partial charge in [-0.05, 0) is 42.3 Å². The van der Waals surface area contributed by atoms with Crippen LogP contribution < -0.4 is 0 Å². The molecule has 0 radical (unpaired) electrons. The van der Waals surface area contributed by atoms with Gasteiger partial charge in [0.25, 0.3) is 0 Å². The number of rotatable bonds is 4. The van der Waals surface area contributed by atoms with Gasteiger partial charge in [0.05, 0.1) is 5.92 Å². The molecule has 3 aliphatic rings. The Morgan fingerprint density at radius 1 is 1.08 bits per heavy atom. The standard InChI is InChI=1S/C20H24N2OS/c1-15-9-10-24-19(15)14-21-12-17-7-8-18(13-21)22(20(17)23)11-16-5-3-2-4-6-16/h2-6,9-10,17-18H,7-8,11-14H2,1H3/t17-,18+/m0/s1. The van der Waals surface area contributed by atoms with Crippen molar-refractivity contribution in [2.24, 2.45) is 5.92 Å². The van der Waals surface area contributed by atoms with Crippen LogP contribution in [0.25, 0.3) is 0 Å². The Bertz CT molecular complexity index is 711. The fourth-order valence-electron chi connectivity index (χ4n) is 4.02. The first-order chi connectivity index (χ1) is 11.7. The minimum atomic E-state index is 0.174. The minimum Gasteiger partial charge on any atom is -0.334 e. The second-order valence-electron chi connectivity index (χ2n) is 7.10. The Hall–Kier alpha value is -1.65. The first kappa shape index (κ1) is 15.9. The molecule has 24 heavy (non-hydrogen) atoms. The van der Waals surface area contributed by atoms with Gasteiger partial charge in [0.15, 0.2) is 0 Å². The van der Waals surface area contributed by atoms with Crippen LogP contribution in [0.15, 0.2) is 41.8 Å². The van der Waals surface area contributed by atoms with E-state index in [1.807, 2.05) is 17.4 Å². The minimum absolute atomic E-state index is 0.174. The Balaban J connectivity index is 1.51. The molecule has 2 aromatic rings. The van der Waals surface area contributed by atoms with E-state index in [1.165, 1.54) is 16.0 Å². The summed E-state index contributed by atoms with van der Waals surface area (Å²) < 4.78 is 0. The van der Waals surface area contributed by atoms with E-state index in [0.717, 1.165) is 39.0 Å². The normalized spacial score (nSPS) is 24.4. The molecule has 4 heteroatoms. The number of hydrogen-bond donors (Lipinski definition) is 0. The number of piperidine rings is 1. The summed E-state index contributed by atoms with van der Waals surface area (Å²) in [4.78, 5) is 19.0. The number of nitrogens with zero attached hydrogens (tertiary/aromatic N) is 2. The molecule has 126 valence electrons. The van der Waals surface area contributed by atoms with Gasteiger partial charge in [0.2, 0.25) is 5.91 Å². The zero-order valence-corrected chi connectivity index (χ0v) is 15.0. The lowest BCUT2D eigenvalue weighted by atomic mass is 9.93. The van der Waals surface area contributed by atoms with Crippen LogP contribution in [0.4, 0.5) is 0 Å². The lowest BCUT2D eigenvalue weighted by Gasteiger charge is -2.36. The summed E-state index contributed by atoms with van der Waals surface area (Å²) in [7, 11) is 0. The molecule has 2 bridgehead atoms. The number of carbonyl (C=O) groups is 1. The molecule has 0 unspecified atom stereocenters. The smallest absolute Gasteiger partial charge is 0.227 e. The molecule has 1 aromatic heterocycles. The van der Waals surface area contributed by atoms with Crippen LogP contribution in [0, 0.1) is 12.8 Å². The van der Waals surface area contributed by atoms with Gasteiger partial charge in [-0.15, -0.1) is 11.3 Å². The van der Waals surface area contributed by atoms with Gasteiger partial charge in [-0.1, -0.05) is 30.3 Å². The molecular weight excluding hydrogens is 316 g/mol. The number of hydrogen-bond acceptors (Lipinski definition) is 3. The summed E-state index contributed by atoms with van der Waals surface area (Å²) in [6, 6.07) is 12.9. The van der Waals surface area contributed by atoms with Crippen molar-refractivity contribution in [1.29, 1.82) is 0 Å². The number of fused-ring (bicyclic) bond motifs is 4. The number of aryl methyl sites for hydroxylation is 1. The first-order valence-corrected chi connectivity index (χ1v) is 9.68. The highest BCUT2D eigenvalue weighted by molar-refractivity contribution is 7.10. The maximum atomic E-state index is 12.9. The van der Waals surface area contributed by atoms with Gasteiger partial charge < -0.3 is 4.90 Å². The number of carbonyl (C=O) groups excluding carboxylic acids is 1. The topological polar surface area (TPSA) is 23.6 Å². The molecule has 3 saturated heterocycles. The summed E-state index contributed by atoms with van der Waals surface area (Å²) in [5.74, 6) is 0.535. The summed E-state index contributed by atoms with van der Waals surface area (Å²) >= 11 is 1.84. The van der Waals surface area contributed by atoms with Crippen LogP contribution in [0.2, 0.25) is 0 Å². The Morgan fingerprint density at radius 2 is 1.92 bits per heavy atom. The molecule has 0 saturated carbocycles. The van der Waals surface area contributed by atoms with Gasteiger partial charge >= 0.3 is 0 Å². The molecule has 3 fully saturated rings. The molecule has 3 aliphatic heterocycles. The largest absolute Gasteiger partial charge is 0.334 e. The average molecular weight is 340 g/mol. The third-order valence-electron chi connectivity index (χ3n) is 5.40. The predicted molar refractivity (Wildman–Crippen MR) is 97.8 cm³/mol. The van der Waals surface area contributed by atoms with E-state index in [4.69, 9.17) is 0 Å². The number of thiophene rings is 1. The Labute approximate surface area is 147 Å². The molecule has 0 aliphatic carbocycles. The second-order valence-corrected chi connectivity index (χ2v) is 8.10. The summed E-state index contributed by atoms with van der Waals surface area (Å²) in [5.41, 5.74) is 2.61.